The maximum atomic E-state index is 6.28. The highest BCUT2D eigenvalue weighted by Gasteiger charge is 2.12. The van der Waals surface area contributed by atoms with Crippen LogP contribution in [0.15, 0.2) is 6.07 Å². The van der Waals surface area contributed by atoms with E-state index in [1.165, 1.54) is 5.56 Å². The molecule has 0 amide bonds. The van der Waals surface area contributed by atoms with Crippen LogP contribution in [-0.2, 0) is 6.42 Å². The zero-order chi connectivity index (χ0) is 12.8. The molecule has 1 rings (SSSR count). The molecule has 1 N–H and O–H groups in total. The van der Waals surface area contributed by atoms with Crippen molar-refractivity contribution in [2.75, 3.05) is 20.2 Å². The summed E-state index contributed by atoms with van der Waals surface area (Å²) >= 11 is 6.28. The molecule has 0 saturated carbocycles. The van der Waals surface area contributed by atoms with E-state index in [1.807, 2.05) is 13.0 Å². The molecule has 0 atom stereocenters. The van der Waals surface area contributed by atoms with Crippen LogP contribution < -0.4 is 10.1 Å². The van der Waals surface area contributed by atoms with Crippen molar-refractivity contribution in [1.82, 2.24) is 5.32 Å². The van der Waals surface area contributed by atoms with Crippen LogP contribution in [0.1, 0.15) is 30.0 Å². The van der Waals surface area contributed by atoms with Crippen molar-refractivity contribution in [1.29, 1.82) is 0 Å². The number of hydrogen-bond donors (Lipinski definition) is 1. The minimum Gasteiger partial charge on any atom is -0.496 e. The van der Waals surface area contributed by atoms with Gasteiger partial charge in [0.25, 0.3) is 0 Å². The Bertz CT molecular complexity index is 377. The summed E-state index contributed by atoms with van der Waals surface area (Å²) in [4.78, 5) is 0. The molecule has 0 radical (unpaired) electrons. The summed E-state index contributed by atoms with van der Waals surface area (Å²) in [7, 11) is 1.72. The van der Waals surface area contributed by atoms with Crippen LogP contribution in [0.4, 0.5) is 0 Å². The lowest BCUT2D eigenvalue weighted by Crippen LogP contribution is -2.15. The highest BCUT2D eigenvalue weighted by molar-refractivity contribution is 6.32. The second-order valence-corrected chi connectivity index (χ2v) is 4.65. The molecule has 0 aliphatic rings. The Labute approximate surface area is 109 Å². The van der Waals surface area contributed by atoms with Crippen LogP contribution in [0.2, 0.25) is 5.02 Å². The summed E-state index contributed by atoms with van der Waals surface area (Å²) in [6.45, 7) is 8.25. The van der Waals surface area contributed by atoms with Gasteiger partial charge in [0, 0.05) is 5.02 Å². The summed E-state index contributed by atoms with van der Waals surface area (Å²) < 4.78 is 5.44. The third-order valence-electron chi connectivity index (χ3n) is 3.02. The van der Waals surface area contributed by atoms with Gasteiger partial charge in [0.15, 0.2) is 0 Å². The molecule has 17 heavy (non-hydrogen) atoms. The van der Waals surface area contributed by atoms with Gasteiger partial charge in [0.2, 0.25) is 0 Å². The molecule has 0 aromatic heterocycles. The highest BCUT2D eigenvalue weighted by Crippen LogP contribution is 2.32. The second kappa shape index (κ2) is 6.87. The third-order valence-corrected chi connectivity index (χ3v) is 3.60. The minimum absolute atomic E-state index is 0.865. The zero-order valence-corrected chi connectivity index (χ0v) is 11.9. The number of nitrogens with one attached hydrogen (secondary N) is 1. The largest absolute Gasteiger partial charge is 0.496 e. The number of methoxy groups -OCH3 is 1. The molecule has 1 aromatic rings. The van der Waals surface area contributed by atoms with Crippen molar-refractivity contribution in [3.63, 3.8) is 0 Å². The molecule has 2 nitrogen and oxygen atoms in total. The van der Waals surface area contributed by atoms with Crippen molar-refractivity contribution >= 4 is 11.6 Å². The van der Waals surface area contributed by atoms with E-state index in [9.17, 15) is 0 Å². The Morgan fingerprint density at radius 1 is 1.35 bits per heavy atom. The van der Waals surface area contributed by atoms with E-state index in [0.717, 1.165) is 47.8 Å². The number of hydrogen-bond acceptors (Lipinski definition) is 2. The van der Waals surface area contributed by atoms with Gasteiger partial charge in [-0.25, -0.2) is 0 Å². The van der Waals surface area contributed by atoms with Gasteiger partial charge >= 0.3 is 0 Å². The zero-order valence-electron chi connectivity index (χ0n) is 11.2. The average molecular weight is 256 g/mol. The Morgan fingerprint density at radius 3 is 2.65 bits per heavy atom. The highest BCUT2D eigenvalue weighted by atomic mass is 35.5. The molecule has 96 valence electrons. The molecule has 0 aliphatic carbocycles. The monoisotopic (exact) mass is 255 g/mol. The maximum absolute atomic E-state index is 6.28. The van der Waals surface area contributed by atoms with Crippen LogP contribution in [-0.4, -0.2) is 20.2 Å². The van der Waals surface area contributed by atoms with Crippen LogP contribution in [0.3, 0.4) is 0 Å². The van der Waals surface area contributed by atoms with E-state index in [4.69, 9.17) is 16.3 Å². The van der Waals surface area contributed by atoms with Gasteiger partial charge in [-0.15, -0.1) is 0 Å². The van der Waals surface area contributed by atoms with Gasteiger partial charge < -0.3 is 10.1 Å². The smallest absolute Gasteiger partial charge is 0.122 e. The molecule has 0 unspecified atom stereocenters. The first kappa shape index (κ1) is 14.3. The van der Waals surface area contributed by atoms with E-state index < -0.39 is 0 Å². The van der Waals surface area contributed by atoms with Gasteiger partial charge in [0.05, 0.1) is 7.11 Å². The first-order chi connectivity index (χ1) is 8.11. The summed E-state index contributed by atoms with van der Waals surface area (Å²) in [5, 5.41) is 4.19. The molecule has 1 aromatic carbocycles. The summed E-state index contributed by atoms with van der Waals surface area (Å²) in [6.07, 6.45) is 2.10. The van der Waals surface area contributed by atoms with Crippen molar-refractivity contribution in [2.24, 2.45) is 0 Å². The number of benzene rings is 1. The average Bonchev–Trinajstić information content (AvgIpc) is 2.33. The lowest BCUT2D eigenvalue weighted by Gasteiger charge is -2.15. The van der Waals surface area contributed by atoms with E-state index in [1.54, 1.807) is 7.11 Å². The third kappa shape index (κ3) is 3.62. The molecule has 0 saturated heterocycles. The summed E-state index contributed by atoms with van der Waals surface area (Å²) in [5.41, 5.74) is 3.47. The molecule has 0 aliphatic heterocycles. The van der Waals surface area contributed by atoms with Crippen LogP contribution in [0.25, 0.3) is 0 Å². The Kier molecular flexibility index (Phi) is 5.79. The fourth-order valence-corrected chi connectivity index (χ4v) is 2.19. The van der Waals surface area contributed by atoms with Crippen molar-refractivity contribution < 1.29 is 4.74 Å². The number of ether oxygens (including phenoxy) is 1. The quantitative estimate of drug-likeness (QED) is 0.786. The van der Waals surface area contributed by atoms with Crippen molar-refractivity contribution in [3.8, 4) is 5.75 Å². The Morgan fingerprint density at radius 2 is 2.06 bits per heavy atom. The van der Waals surface area contributed by atoms with Crippen LogP contribution >= 0.6 is 11.6 Å². The summed E-state index contributed by atoms with van der Waals surface area (Å²) in [5.74, 6) is 0.959. The second-order valence-electron chi connectivity index (χ2n) is 4.27. The Hall–Kier alpha value is -0.730. The minimum atomic E-state index is 0.865. The first-order valence-electron chi connectivity index (χ1n) is 6.15. The normalized spacial score (nSPS) is 10.6. The first-order valence-corrected chi connectivity index (χ1v) is 6.52. The number of halogens is 1. The van der Waals surface area contributed by atoms with Crippen molar-refractivity contribution in [3.05, 3.63) is 27.8 Å². The maximum Gasteiger partial charge on any atom is 0.122 e. The number of aryl methyl sites for hydroxylation is 1. The lowest BCUT2D eigenvalue weighted by molar-refractivity contribution is 0.408. The van der Waals surface area contributed by atoms with Crippen LogP contribution in [0.5, 0.6) is 5.75 Å². The fraction of sp³-hybridized carbons (Fsp3) is 0.571. The van der Waals surface area contributed by atoms with E-state index >= 15 is 0 Å². The van der Waals surface area contributed by atoms with Gasteiger partial charge in [-0.05, 0) is 62.5 Å². The predicted octanol–water partition coefficient (Wildman–Crippen LogP) is 3.51. The molecule has 3 heteroatoms. The van der Waals surface area contributed by atoms with E-state index in [0.29, 0.717) is 0 Å². The SMILES string of the molecule is CCNCCCc1c(OC)cc(C)c(Cl)c1C. The molecular formula is C14H22ClNO. The summed E-state index contributed by atoms with van der Waals surface area (Å²) in [6, 6.07) is 2.03. The van der Waals surface area contributed by atoms with E-state index in [2.05, 4.69) is 19.2 Å². The lowest BCUT2D eigenvalue weighted by atomic mass is 10.00. The molecule has 0 heterocycles. The standard InChI is InChI=1S/C14H22ClNO/c1-5-16-8-6-7-12-11(3)14(15)10(2)9-13(12)17-4/h9,16H,5-8H2,1-4H3. The van der Waals surface area contributed by atoms with Gasteiger partial charge in [-0.2, -0.15) is 0 Å². The van der Waals surface area contributed by atoms with Crippen molar-refractivity contribution in [2.45, 2.75) is 33.6 Å². The van der Waals surface area contributed by atoms with Gasteiger partial charge in [-0.3, -0.25) is 0 Å². The predicted molar refractivity (Wildman–Crippen MR) is 74.3 cm³/mol. The van der Waals surface area contributed by atoms with E-state index in [-0.39, 0.29) is 0 Å². The van der Waals surface area contributed by atoms with Crippen LogP contribution in [0, 0.1) is 13.8 Å². The number of rotatable bonds is 6. The topological polar surface area (TPSA) is 21.3 Å². The van der Waals surface area contributed by atoms with Gasteiger partial charge in [-0.1, -0.05) is 18.5 Å². The molecular weight excluding hydrogens is 234 g/mol. The molecule has 0 fully saturated rings. The van der Waals surface area contributed by atoms with Gasteiger partial charge in [0.1, 0.15) is 5.75 Å². The fourth-order valence-electron chi connectivity index (χ4n) is 2.02. The Balaban J connectivity index is 2.85. The molecule has 0 bridgehead atoms. The molecule has 0 spiro atoms.